The van der Waals surface area contributed by atoms with Crippen molar-refractivity contribution < 1.29 is 42.1 Å². The van der Waals surface area contributed by atoms with Gasteiger partial charge in [0.05, 0.1) is 27.7 Å². The van der Waals surface area contributed by atoms with Gasteiger partial charge in [-0.05, 0) is 96.3 Å². The normalized spacial score (nSPS) is 13.8. The fourth-order valence-corrected chi connectivity index (χ4v) is 10.3. The molecule has 0 aliphatic rings. The summed E-state index contributed by atoms with van der Waals surface area (Å²) in [7, 11) is 1.47. The lowest BCUT2D eigenvalue weighted by Gasteiger charge is -2.24. The van der Waals surface area contributed by atoms with Crippen molar-refractivity contribution in [3.05, 3.63) is 109 Å². The third kappa shape index (κ3) is 67.8. The van der Waals surface area contributed by atoms with Crippen LogP contribution in [0.4, 0.5) is 0 Å². The van der Waals surface area contributed by atoms with Gasteiger partial charge in [0.1, 0.15) is 19.8 Å². The van der Waals surface area contributed by atoms with E-state index in [1.165, 1.54) is 161 Å². The molecule has 10 heteroatoms. The van der Waals surface area contributed by atoms with Crippen LogP contribution >= 0.6 is 7.82 Å². The molecule has 1 N–H and O–H groups in total. The molecule has 0 rings (SSSR count). The Morgan fingerprint density at radius 3 is 0.952 bits per heavy atom. The summed E-state index contributed by atoms with van der Waals surface area (Å²) < 4.78 is 34.7. The maximum absolute atomic E-state index is 12.9. The average molecular weight is 1190 g/mol. The number of rotatable bonds is 63. The molecular formula is C74H131NO8P+. The summed E-state index contributed by atoms with van der Waals surface area (Å²) >= 11 is 0. The Morgan fingerprint density at radius 2 is 0.643 bits per heavy atom. The Labute approximate surface area is 518 Å². The lowest BCUT2D eigenvalue weighted by molar-refractivity contribution is -0.870. The summed E-state index contributed by atoms with van der Waals surface area (Å²) in [6, 6.07) is 0. The molecule has 2 unspecified atom stereocenters. The summed E-state index contributed by atoms with van der Waals surface area (Å²) in [5, 5.41) is 0. The van der Waals surface area contributed by atoms with Gasteiger partial charge < -0.3 is 18.9 Å². The number of ether oxygens (including phenoxy) is 2. The fourth-order valence-electron chi connectivity index (χ4n) is 9.57. The van der Waals surface area contributed by atoms with Crippen LogP contribution in [0.3, 0.4) is 0 Å². The number of hydrogen-bond donors (Lipinski definition) is 1. The van der Waals surface area contributed by atoms with E-state index in [0.717, 1.165) is 103 Å². The molecule has 0 aliphatic carbocycles. The van der Waals surface area contributed by atoms with Gasteiger partial charge in [-0.15, -0.1) is 0 Å². The molecule has 0 aliphatic heterocycles. The van der Waals surface area contributed by atoms with Crippen molar-refractivity contribution in [3.8, 4) is 0 Å². The highest BCUT2D eigenvalue weighted by molar-refractivity contribution is 7.47. The number of carbonyl (C=O) groups excluding carboxylic acids is 2. The second kappa shape index (κ2) is 64.2. The Morgan fingerprint density at radius 1 is 0.369 bits per heavy atom. The molecule has 0 saturated carbocycles. The van der Waals surface area contributed by atoms with Crippen LogP contribution in [0.2, 0.25) is 0 Å². The van der Waals surface area contributed by atoms with Crippen LogP contribution < -0.4 is 0 Å². The first-order valence-corrected chi connectivity index (χ1v) is 36.1. The summed E-state index contributed by atoms with van der Waals surface area (Å²) in [6.45, 7) is 4.22. The monoisotopic (exact) mass is 1190 g/mol. The van der Waals surface area contributed by atoms with Crippen molar-refractivity contribution in [2.24, 2.45) is 0 Å². The summed E-state index contributed by atoms with van der Waals surface area (Å²) in [6.07, 6.45) is 90.6. The van der Waals surface area contributed by atoms with Gasteiger partial charge in [0.2, 0.25) is 0 Å². The van der Waals surface area contributed by atoms with Gasteiger partial charge in [0, 0.05) is 12.8 Å². The van der Waals surface area contributed by atoms with Crippen LogP contribution in [0.5, 0.6) is 0 Å². The van der Waals surface area contributed by atoms with Gasteiger partial charge in [-0.25, -0.2) is 4.57 Å². The number of esters is 2. The fraction of sp³-hybridized carbons (Fsp3) is 0.730. The number of phosphoric acid groups is 1. The number of quaternary nitrogens is 1. The molecule has 0 aromatic heterocycles. The van der Waals surface area contributed by atoms with E-state index in [1.807, 2.05) is 21.1 Å². The van der Waals surface area contributed by atoms with Gasteiger partial charge in [-0.1, -0.05) is 297 Å². The molecule has 0 spiro atoms. The zero-order chi connectivity index (χ0) is 61.2. The SMILES string of the molecule is CC/C=C\C/C=C\C/C=C\C/C=C\C/C=C\CCCCCCCCCCCCCCCCCCCCCCCCCC(=O)OC(COC(=O)CCCCCCCCCC/C=C\C/C=C\C/C=C\C/C=C\CC)COP(=O)(O)OCC[N+](C)(C)C. The highest BCUT2D eigenvalue weighted by Crippen LogP contribution is 2.43. The average Bonchev–Trinajstić information content (AvgIpc) is 3.61. The molecule has 0 amide bonds. The van der Waals surface area contributed by atoms with Crippen molar-refractivity contribution in [1.82, 2.24) is 0 Å². The van der Waals surface area contributed by atoms with Gasteiger partial charge in [0.25, 0.3) is 0 Å². The van der Waals surface area contributed by atoms with E-state index in [0.29, 0.717) is 17.4 Å². The molecule has 0 bridgehead atoms. The third-order valence-electron chi connectivity index (χ3n) is 14.8. The predicted molar refractivity (Wildman–Crippen MR) is 362 cm³/mol. The lowest BCUT2D eigenvalue weighted by atomic mass is 10.0. The van der Waals surface area contributed by atoms with Crippen LogP contribution in [0.1, 0.15) is 296 Å². The molecule has 9 nitrogen and oxygen atoms in total. The molecular weight excluding hydrogens is 1060 g/mol. The summed E-state index contributed by atoms with van der Waals surface area (Å²) in [5.41, 5.74) is 0. The minimum absolute atomic E-state index is 0.0278. The van der Waals surface area contributed by atoms with Gasteiger partial charge in [-0.3, -0.25) is 18.6 Å². The molecule has 0 aromatic rings. The van der Waals surface area contributed by atoms with Crippen LogP contribution in [0, 0.1) is 0 Å². The first-order valence-electron chi connectivity index (χ1n) is 34.6. The third-order valence-corrected chi connectivity index (χ3v) is 15.8. The topological polar surface area (TPSA) is 108 Å². The van der Waals surface area contributed by atoms with Crippen LogP contribution in [-0.4, -0.2) is 74.9 Å². The minimum atomic E-state index is -4.40. The van der Waals surface area contributed by atoms with Crippen LogP contribution in [-0.2, 0) is 32.7 Å². The van der Waals surface area contributed by atoms with E-state index in [4.69, 9.17) is 18.5 Å². The van der Waals surface area contributed by atoms with Gasteiger partial charge in [0.15, 0.2) is 6.10 Å². The van der Waals surface area contributed by atoms with Crippen molar-refractivity contribution in [3.63, 3.8) is 0 Å². The van der Waals surface area contributed by atoms with E-state index in [-0.39, 0.29) is 32.0 Å². The van der Waals surface area contributed by atoms with Gasteiger partial charge in [-0.2, -0.15) is 0 Å². The van der Waals surface area contributed by atoms with Crippen LogP contribution in [0.15, 0.2) is 109 Å². The molecule has 2 atom stereocenters. The smallest absolute Gasteiger partial charge is 0.462 e. The second-order valence-corrected chi connectivity index (χ2v) is 25.6. The number of allylic oxidation sites excluding steroid dienone is 18. The molecule has 0 heterocycles. The summed E-state index contributed by atoms with van der Waals surface area (Å²) in [4.78, 5) is 35.8. The first kappa shape index (κ1) is 80.7. The number of likely N-dealkylation sites (N-methyl/N-ethyl adjacent to an activating group) is 1. The van der Waals surface area contributed by atoms with Crippen molar-refractivity contribution in [2.75, 3.05) is 47.5 Å². The van der Waals surface area contributed by atoms with E-state index in [1.54, 1.807) is 0 Å². The summed E-state index contributed by atoms with van der Waals surface area (Å²) in [5.74, 6) is -0.800. The van der Waals surface area contributed by atoms with Crippen molar-refractivity contribution in [2.45, 2.75) is 302 Å². The lowest BCUT2D eigenvalue weighted by Crippen LogP contribution is -2.37. The largest absolute Gasteiger partial charge is 0.472 e. The zero-order valence-electron chi connectivity index (χ0n) is 55.1. The maximum Gasteiger partial charge on any atom is 0.472 e. The molecule has 0 fully saturated rings. The quantitative estimate of drug-likeness (QED) is 0.0211. The molecule has 0 aromatic carbocycles. The number of unbranched alkanes of at least 4 members (excludes halogenated alkanes) is 31. The van der Waals surface area contributed by atoms with E-state index in [2.05, 4.69) is 123 Å². The number of hydrogen-bond acceptors (Lipinski definition) is 7. The van der Waals surface area contributed by atoms with Crippen molar-refractivity contribution in [1.29, 1.82) is 0 Å². The molecule has 484 valence electrons. The highest BCUT2D eigenvalue weighted by atomic mass is 31.2. The predicted octanol–water partition coefficient (Wildman–Crippen LogP) is 22.5. The number of nitrogens with zero attached hydrogens (tertiary/aromatic N) is 1. The Hall–Kier alpha value is -3.33. The second-order valence-electron chi connectivity index (χ2n) is 24.2. The van der Waals surface area contributed by atoms with Gasteiger partial charge >= 0.3 is 19.8 Å². The van der Waals surface area contributed by atoms with E-state index < -0.39 is 26.5 Å². The standard InChI is InChI=1S/C74H130NO8P/c1-6-8-10-12-14-16-18-20-22-24-26-28-29-30-31-32-33-34-35-36-37-38-39-40-41-42-43-44-45-47-49-51-53-55-57-59-61-63-65-67-74(77)83-72(71-82-84(78,79)81-69-68-75(3,4)5)70-80-73(76)66-64-62-60-58-56-54-52-50-48-46-27-25-23-21-19-17-15-13-11-9-7-2/h8-11,14-17,20-23,26-28,30-31,46,72H,6-7,12-13,18-19,24-25,29,32-45,47-71H2,1-5H3/p+1/b10-8-,11-9-,16-14-,17-15-,22-20-,23-21-,28-26-,31-30-,46-27-. The maximum atomic E-state index is 12.9. The number of phosphoric ester groups is 1. The molecule has 84 heavy (non-hydrogen) atoms. The Bertz CT molecular complexity index is 1790. The minimum Gasteiger partial charge on any atom is -0.462 e. The van der Waals surface area contributed by atoms with Crippen LogP contribution in [0.25, 0.3) is 0 Å². The van der Waals surface area contributed by atoms with E-state index in [9.17, 15) is 19.0 Å². The zero-order valence-corrected chi connectivity index (χ0v) is 56.0. The highest BCUT2D eigenvalue weighted by Gasteiger charge is 2.27. The van der Waals surface area contributed by atoms with E-state index >= 15 is 0 Å². The molecule has 0 saturated heterocycles. The molecule has 0 radical (unpaired) electrons. The van der Waals surface area contributed by atoms with Crippen molar-refractivity contribution >= 4 is 19.8 Å². The number of carbonyl (C=O) groups is 2. The first-order chi connectivity index (χ1) is 41.0. The Balaban J connectivity index is 3.97. The Kier molecular flexibility index (Phi) is 61.6.